The Morgan fingerprint density at radius 3 is 1.65 bits per heavy atom. The van der Waals surface area contributed by atoms with Crippen molar-refractivity contribution in [2.45, 2.75) is 44.5 Å². The van der Waals surface area contributed by atoms with Crippen LogP contribution in [0.5, 0.6) is 0 Å². The molecular weight excluding hydrogens is 303 g/mol. The van der Waals surface area contributed by atoms with Gasteiger partial charge in [-0.2, -0.15) is 0 Å². The van der Waals surface area contributed by atoms with Gasteiger partial charge in [0.25, 0.3) is 0 Å². The average Bonchev–Trinajstić information content (AvgIpc) is 2.46. The number of rotatable bonds is 5. The summed E-state index contributed by atoms with van der Waals surface area (Å²) in [6.07, 6.45) is 2.63. The van der Waals surface area contributed by atoms with Crippen molar-refractivity contribution in [2.24, 2.45) is 0 Å². The third-order valence-corrected chi connectivity index (χ3v) is 13.4. The standard InChI is InChI=1S/C19H26As/c1-5-6-15-20(4,18-13-9-7-11-16(18)2)19-14-10-8-12-17(19)3/h7-14H,5-6,15H2,1-4H3/q+1. The Labute approximate surface area is 126 Å². The quantitative estimate of drug-likeness (QED) is 0.718. The molecular formula is C19H26As+. The number of hydrogen-bond donors (Lipinski definition) is 0. The Kier molecular flexibility index (Phi) is 5.10. The maximum absolute atomic E-state index is 2.58. The molecule has 2 aromatic rings. The van der Waals surface area contributed by atoms with Crippen molar-refractivity contribution >= 4 is 22.3 Å². The first kappa shape index (κ1) is 15.4. The Hall–Kier alpha value is -1.00. The van der Waals surface area contributed by atoms with E-state index in [2.05, 4.69) is 75.0 Å². The molecule has 0 atom stereocenters. The topological polar surface area (TPSA) is 0 Å². The third kappa shape index (κ3) is 3.01. The summed E-state index contributed by atoms with van der Waals surface area (Å²) in [7, 11) is 0. The number of benzene rings is 2. The molecule has 0 radical (unpaired) electrons. The summed E-state index contributed by atoms with van der Waals surface area (Å²) in [4.78, 5) is 0. The molecule has 0 N–H and O–H groups in total. The van der Waals surface area contributed by atoms with E-state index in [1.807, 2.05) is 0 Å². The van der Waals surface area contributed by atoms with Gasteiger partial charge in [0.2, 0.25) is 0 Å². The van der Waals surface area contributed by atoms with Crippen molar-refractivity contribution in [1.29, 1.82) is 0 Å². The maximum atomic E-state index is 2.58. The molecule has 2 rings (SSSR count). The van der Waals surface area contributed by atoms with E-state index in [0.717, 1.165) is 0 Å². The van der Waals surface area contributed by atoms with E-state index in [4.69, 9.17) is 0 Å². The van der Waals surface area contributed by atoms with Crippen LogP contribution in [0.3, 0.4) is 0 Å². The van der Waals surface area contributed by atoms with Gasteiger partial charge in [-0.25, -0.2) is 0 Å². The van der Waals surface area contributed by atoms with E-state index in [0.29, 0.717) is 0 Å². The van der Waals surface area contributed by atoms with Gasteiger partial charge in [-0.1, -0.05) is 0 Å². The van der Waals surface area contributed by atoms with Crippen LogP contribution in [-0.2, 0) is 0 Å². The SMILES string of the molecule is CCCC[As+](C)(c1ccccc1C)c1ccccc1C. The summed E-state index contributed by atoms with van der Waals surface area (Å²) < 4.78 is 3.29. The first-order chi connectivity index (χ1) is 9.59. The summed E-state index contributed by atoms with van der Waals surface area (Å²) in [6, 6.07) is 18.1. The Morgan fingerprint density at radius 1 is 0.800 bits per heavy atom. The van der Waals surface area contributed by atoms with Crippen molar-refractivity contribution in [3.63, 3.8) is 0 Å². The van der Waals surface area contributed by atoms with Crippen LogP contribution in [0.4, 0.5) is 0 Å². The normalized spacial score (nSPS) is 11.6. The van der Waals surface area contributed by atoms with Crippen LogP contribution in [-0.4, -0.2) is 13.6 Å². The Morgan fingerprint density at radius 2 is 1.25 bits per heavy atom. The second-order valence-electron chi connectivity index (χ2n) is 5.84. The van der Waals surface area contributed by atoms with Gasteiger partial charge in [0.05, 0.1) is 0 Å². The monoisotopic (exact) mass is 329 g/mol. The van der Waals surface area contributed by atoms with Crippen LogP contribution in [0.25, 0.3) is 0 Å². The molecule has 0 aliphatic rings. The molecule has 0 aromatic heterocycles. The fourth-order valence-electron chi connectivity index (χ4n) is 3.08. The molecule has 1 heteroatoms. The molecule has 2 aromatic carbocycles. The Bertz CT molecular complexity index is 526. The van der Waals surface area contributed by atoms with E-state index >= 15 is 0 Å². The van der Waals surface area contributed by atoms with Gasteiger partial charge in [0.15, 0.2) is 0 Å². The minimum atomic E-state index is -2.02. The predicted molar refractivity (Wildman–Crippen MR) is 93.0 cm³/mol. The number of hydrogen-bond acceptors (Lipinski definition) is 0. The molecule has 0 bridgehead atoms. The van der Waals surface area contributed by atoms with Crippen molar-refractivity contribution in [3.05, 3.63) is 59.7 Å². The molecule has 20 heavy (non-hydrogen) atoms. The summed E-state index contributed by atoms with van der Waals surface area (Å²) >= 11 is -2.02. The second-order valence-corrected chi connectivity index (χ2v) is 13.8. The first-order valence-corrected chi connectivity index (χ1v) is 12.7. The average molecular weight is 329 g/mol. The van der Waals surface area contributed by atoms with Crippen LogP contribution < -0.4 is 8.70 Å². The molecule has 0 aliphatic carbocycles. The molecule has 0 saturated carbocycles. The Balaban J connectivity index is 2.57. The molecule has 0 saturated heterocycles. The van der Waals surface area contributed by atoms with Gasteiger partial charge in [-0.3, -0.25) is 0 Å². The van der Waals surface area contributed by atoms with Crippen molar-refractivity contribution in [1.82, 2.24) is 0 Å². The van der Waals surface area contributed by atoms with E-state index in [1.54, 1.807) is 8.70 Å². The summed E-state index contributed by atoms with van der Waals surface area (Å²) in [6.45, 7) is 6.86. The van der Waals surface area contributed by atoms with Gasteiger partial charge in [-0.15, -0.1) is 0 Å². The summed E-state index contributed by atoms with van der Waals surface area (Å²) in [5.74, 6) is 0. The summed E-state index contributed by atoms with van der Waals surface area (Å²) in [5, 5.41) is 1.38. The van der Waals surface area contributed by atoms with Crippen LogP contribution in [0.1, 0.15) is 30.9 Å². The van der Waals surface area contributed by atoms with Gasteiger partial charge in [-0.05, 0) is 0 Å². The van der Waals surface area contributed by atoms with Crippen LogP contribution in [0.15, 0.2) is 48.5 Å². The molecule has 0 heterocycles. The molecule has 0 unspecified atom stereocenters. The molecule has 0 aliphatic heterocycles. The second kappa shape index (κ2) is 6.63. The molecule has 0 amide bonds. The van der Waals surface area contributed by atoms with Gasteiger partial charge in [0.1, 0.15) is 0 Å². The van der Waals surface area contributed by atoms with Gasteiger partial charge >= 0.3 is 126 Å². The number of unbranched alkanes of at least 4 members (excludes halogenated alkanes) is 1. The first-order valence-electron chi connectivity index (χ1n) is 7.57. The summed E-state index contributed by atoms with van der Waals surface area (Å²) in [5.41, 5.74) is 5.53. The fraction of sp³-hybridized carbons (Fsp3) is 0.368. The molecule has 0 spiro atoms. The van der Waals surface area contributed by atoms with E-state index in [9.17, 15) is 0 Å². The van der Waals surface area contributed by atoms with Gasteiger partial charge < -0.3 is 0 Å². The zero-order valence-electron chi connectivity index (χ0n) is 13.2. The number of aryl methyl sites for hydroxylation is 2. The van der Waals surface area contributed by atoms with E-state index < -0.39 is 13.6 Å². The fourth-order valence-corrected chi connectivity index (χ4v) is 11.9. The van der Waals surface area contributed by atoms with Crippen LogP contribution in [0, 0.1) is 13.8 Å². The van der Waals surface area contributed by atoms with E-state index in [1.165, 1.54) is 29.2 Å². The van der Waals surface area contributed by atoms with Crippen LogP contribution >= 0.6 is 0 Å². The zero-order chi connectivity index (χ0) is 14.6. The molecule has 106 valence electrons. The zero-order valence-corrected chi connectivity index (χ0v) is 15.1. The molecule has 0 fully saturated rings. The van der Waals surface area contributed by atoms with E-state index in [-0.39, 0.29) is 0 Å². The van der Waals surface area contributed by atoms with Crippen LogP contribution in [0.2, 0.25) is 10.9 Å². The minimum absolute atomic E-state index is 1.29. The third-order valence-electron chi connectivity index (χ3n) is 4.25. The van der Waals surface area contributed by atoms with Gasteiger partial charge in [0, 0.05) is 0 Å². The van der Waals surface area contributed by atoms with Crippen molar-refractivity contribution in [3.8, 4) is 0 Å². The van der Waals surface area contributed by atoms with Crippen molar-refractivity contribution < 1.29 is 0 Å². The predicted octanol–water partition coefficient (Wildman–Crippen LogP) is 4.30. The molecule has 0 nitrogen and oxygen atoms in total. The van der Waals surface area contributed by atoms with Crippen molar-refractivity contribution in [2.75, 3.05) is 0 Å².